The third kappa shape index (κ3) is 2.78. The van der Waals surface area contributed by atoms with Crippen molar-refractivity contribution in [2.24, 2.45) is 0 Å². The normalized spacial score (nSPS) is 10.6. The lowest BCUT2D eigenvalue weighted by molar-refractivity contribution is 0.416. The van der Waals surface area contributed by atoms with Crippen LogP contribution in [0, 0.1) is 0 Å². The van der Waals surface area contributed by atoms with E-state index in [4.69, 9.17) is 16.3 Å². The number of ether oxygens (including phenoxy) is 1. The lowest BCUT2D eigenvalue weighted by Crippen LogP contribution is -2.02. The minimum atomic E-state index is 0.658. The van der Waals surface area contributed by atoms with Gasteiger partial charge in [-0.25, -0.2) is 0 Å². The molecule has 4 heteroatoms. The van der Waals surface area contributed by atoms with Crippen molar-refractivity contribution in [3.05, 3.63) is 65.3 Å². The average Bonchev–Trinajstić information content (AvgIpc) is 2.55. The minimum absolute atomic E-state index is 0.658. The van der Waals surface area contributed by atoms with Crippen molar-refractivity contribution in [1.82, 2.24) is 4.98 Å². The summed E-state index contributed by atoms with van der Waals surface area (Å²) in [7, 11) is 1.67. The average molecular weight is 299 g/mol. The number of aromatic nitrogens is 1. The second kappa shape index (κ2) is 6.02. The molecule has 0 atom stereocenters. The van der Waals surface area contributed by atoms with Crippen molar-refractivity contribution >= 4 is 28.2 Å². The summed E-state index contributed by atoms with van der Waals surface area (Å²) in [5.41, 5.74) is 2.98. The van der Waals surface area contributed by atoms with Crippen LogP contribution in [0.2, 0.25) is 5.02 Å². The molecule has 0 radical (unpaired) electrons. The van der Waals surface area contributed by atoms with E-state index >= 15 is 0 Å². The Morgan fingerprint density at radius 3 is 2.81 bits per heavy atom. The van der Waals surface area contributed by atoms with E-state index in [0.29, 0.717) is 6.54 Å². The number of anilines is 1. The number of rotatable bonds is 4. The van der Waals surface area contributed by atoms with Gasteiger partial charge < -0.3 is 10.1 Å². The Morgan fingerprint density at radius 1 is 1.10 bits per heavy atom. The van der Waals surface area contributed by atoms with Crippen molar-refractivity contribution < 1.29 is 4.74 Å². The topological polar surface area (TPSA) is 34.1 Å². The zero-order valence-electron chi connectivity index (χ0n) is 11.6. The van der Waals surface area contributed by atoms with Gasteiger partial charge in [0.25, 0.3) is 0 Å². The quantitative estimate of drug-likeness (QED) is 0.769. The highest BCUT2D eigenvalue weighted by Crippen LogP contribution is 2.27. The Morgan fingerprint density at radius 2 is 1.95 bits per heavy atom. The SMILES string of the molecule is COc1ccccc1NCc1ccc(Cl)c2cccnc12. The molecule has 106 valence electrons. The van der Waals surface area contributed by atoms with Crippen LogP contribution in [0.4, 0.5) is 5.69 Å². The van der Waals surface area contributed by atoms with Gasteiger partial charge in [-0.3, -0.25) is 4.98 Å². The zero-order valence-corrected chi connectivity index (χ0v) is 12.4. The Balaban J connectivity index is 1.91. The lowest BCUT2D eigenvalue weighted by Gasteiger charge is -2.12. The second-order valence-corrected chi connectivity index (χ2v) is 5.07. The summed E-state index contributed by atoms with van der Waals surface area (Å²) in [4.78, 5) is 4.44. The van der Waals surface area contributed by atoms with Crippen LogP contribution in [0.1, 0.15) is 5.56 Å². The van der Waals surface area contributed by atoms with Gasteiger partial charge in [0, 0.05) is 23.2 Å². The van der Waals surface area contributed by atoms with E-state index in [0.717, 1.165) is 32.9 Å². The molecule has 2 aromatic carbocycles. The molecule has 3 aromatic rings. The van der Waals surface area contributed by atoms with E-state index in [1.165, 1.54) is 0 Å². The number of hydrogen-bond acceptors (Lipinski definition) is 3. The Kier molecular flexibility index (Phi) is 3.93. The van der Waals surface area contributed by atoms with Gasteiger partial charge in [0.05, 0.1) is 18.3 Å². The molecule has 0 amide bonds. The zero-order chi connectivity index (χ0) is 14.7. The van der Waals surface area contributed by atoms with Crippen molar-refractivity contribution in [3.63, 3.8) is 0 Å². The fourth-order valence-corrected chi connectivity index (χ4v) is 2.54. The van der Waals surface area contributed by atoms with Crippen LogP contribution in [0.25, 0.3) is 10.9 Å². The van der Waals surface area contributed by atoms with E-state index in [-0.39, 0.29) is 0 Å². The maximum atomic E-state index is 6.21. The molecule has 0 saturated carbocycles. The van der Waals surface area contributed by atoms with Crippen molar-refractivity contribution in [2.45, 2.75) is 6.54 Å². The highest BCUT2D eigenvalue weighted by atomic mass is 35.5. The number of fused-ring (bicyclic) bond motifs is 1. The molecule has 3 rings (SSSR count). The van der Waals surface area contributed by atoms with Crippen LogP contribution >= 0.6 is 11.6 Å². The van der Waals surface area contributed by atoms with Crippen LogP contribution in [-0.2, 0) is 6.54 Å². The number of pyridine rings is 1. The molecule has 0 aliphatic heterocycles. The highest BCUT2D eigenvalue weighted by molar-refractivity contribution is 6.35. The van der Waals surface area contributed by atoms with E-state index < -0.39 is 0 Å². The van der Waals surface area contributed by atoms with Gasteiger partial charge in [0.15, 0.2) is 0 Å². The van der Waals surface area contributed by atoms with E-state index in [1.807, 2.05) is 48.5 Å². The number of nitrogens with one attached hydrogen (secondary N) is 1. The minimum Gasteiger partial charge on any atom is -0.495 e. The number of methoxy groups -OCH3 is 1. The summed E-state index contributed by atoms with van der Waals surface area (Å²) in [6.45, 7) is 0.658. The van der Waals surface area contributed by atoms with Gasteiger partial charge in [0.1, 0.15) is 5.75 Å². The molecule has 1 heterocycles. The predicted molar refractivity (Wildman–Crippen MR) is 87.1 cm³/mol. The molecular formula is C17H15ClN2O. The maximum absolute atomic E-state index is 6.21. The highest BCUT2D eigenvalue weighted by Gasteiger charge is 2.07. The maximum Gasteiger partial charge on any atom is 0.141 e. The number of halogens is 1. The molecule has 0 saturated heterocycles. The smallest absolute Gasteiger partial charge is 0.141 e. The summed E-state index contributed by atoms with van der Waals surface area (Å²) < 4.78 is 5.34. The molecule has 1 aromatic heterocycles. The van der Waals surface area contributed by atoms with Crippen molar-refractivity contribution in [3.8, 4) is 5.75 Å². The molecule has 3 nitrogen and oxygen atoms in total. The van der Waals surface area contributed by atoms with Crippen molar-refractivity contribution in [1.29, 1.82) is 0 Å². The third-order valence-electron chi connectivity index (χ3n) is 3.38. The number of hydrogen-bond donors (Lipinski definition) is 1. The monoisotopic (exact) mass is 298 g/mol. The summed E-state index contributed by atoms with van der Waals surface area (Å²) in [6, 6.07) is 15.6. The standard InChI is InChI=1S/C17H15ClN2O/c1-21-16-7-3-2-6-15(16)20-11-12-8-9-14(18)13-5-4-10-19-17(12)13/h2-10,20H,11H2,1H3. The van der Waals surface area contributed by atoms with Crippen molar-refractivity contribution in [2.75, 3.05) is 12.4 Å². The molecule has 1 N–H and O–H groups in total. The van der Waals surface area contributed by atoms with Gasteiger partial charge >= 0.3 is 0 Å². The van der Waals surface area contributed by atoms with E-state index in [1.54, 1.807) is 13.3 Å². The summed E-state index contributed by atoms with van der Waals surface area (Å²) in [5, 5.41) is 5.08. The van der Waals surface area contributed by atoms with Crippen LogP contribution in [0.5, 0.6) is 5.75 Å². The number of benzene rings is 2. The molecule has 21 heavy (non-hydrogen) atoms. The third-order valence-corrected chi connectivity index (χ3v) is 3.71. The van der Waals surface area contributed by atoms with Gasteiger partial charge in [-0.1, -0.05) is 29.8 Å². The number of para-hydroxylation sites is 2. The fraction of sp³-hybridized carbons (Fsp3) is 0.118. The summed E-state index contributed by atoms with van der Waals surface area (Å²) in [6.07, 6.45) is 1.78. The molecule has 0 spiro atoms. The van der Waals surface area contributed by atoms with E-state index in [9.17, 15) is 0 Å². The van der Waals surface area contributed by atoms with Gasteiger partial charge in [-0.15, -0.1) is 0 Å². The lowest BCUT2D eigenvalue weighted by atomic mass is 10.1. The van der Waals surface area contributed by atoms with Crippen LogP contribution < -0.4 is 10.1 Å². The van der Waals surface area contributed by atoms with Gasteiger partial charge in [0.2, 0.25) is 0 Å². The summed E-state index contributed by atoms with van der Waals surface area (Å²) in [5.74, 6) is 0.823. The molecule has 0 aliphatic rings. The largest absolute Gasteiger partial charge is 0.495 e. The molecule has 0 fully saturated rings. The van der Waals surface area contributed by atoms with E-state index in [2.05, 4.69) is 10.3 Å². The van der Waals surface area contributed by atoms with Crippen LogP contribution in [-0.4, -0.2) is 12.1 Å². The molecule has 0 aliphatic carbocycles. The fourth-order valence-electron chi connectivity index (χ4n) is 2.32. The second-order valence-electron chi connectivity index (χ2n) is 4.66. The molecular weight excluding hydrogens is 284 g/mol. The van der Waals surface area contributed by atoms with Crippen LogP contribution in [0.15, 0.2) is 54.7 Å². The molecule has 0 unspecified atom stereocenters. The van der Waals surface area contributed by atoms with Gasteiger partial charge in [-0.05, 0) is 35.9 Å². The first kappa shape index (κ1) is 13.7. The predicted octanol–water partition coefficient (Wildman–Crippen LogP) is 4.51. The van der Waals surface area contributed by atoms with Gasteiger partial charge in [-0.2, -0.15) is 0 Å². The Bertz CT molecular complexity index is 774. The first-order chi connectivity index (χ1) is 10.3. The first-order valence-corrected chi connectivity index (χ1v) is 7.06. The Labute approximate surface area is 128 Å². The summed E-state index contributed by atoms with van der Waals surface area (Å²) >= 11 is 6.21. The molecule has 0 bridgehead atoms. The Hall–Kier alpha value is -2.26. The first-order valence-electron chi connectivity index (χ1n) is 6.68. The number of nitrogens with zero attached hydrogens (tertiary/aromatic N) is 1. The van der Waals surface area contributed by atoms with Crippen LogP contribution in [0.3, 0.4) is 0 Å².